The summed E-state index contributed by atoms with van der Waals surface area (Å²) in [6.07, 6.45) is 0. The van der Waals surface area contributed by atoms with Crippen LogP contribution in [0.3, 0.4) is 0 Å². The number of hydrogen-bond donors (Lipinski definition) is 2. The quantitative estimate of drug-likeness (QED) is 0.793. The highest BCUT2D eigenvalue weighted by atomic mass is 35.5. The summed E-state index contributed by atoms with van der Waals surface area (Å²) in [5.41, 5.74) is 0.550. The van der Waals surface area contributed by atoms with Gasteiger partial charge < -0.3 is 10.6 Å². The number of halogens is 4. The lowest BCUT2D eigenvalue weighted by Crippen LogP contribution is -2.31. The van der Waals surface area contributed by atoms with Crippen LogP contribution < -0.4 is 10.6 Å². The van der Waals surface area contributed by atoms with Crippen molar-refractivity contribution < 1.29 is 13.6 Å². The number of carbonyl (C=O) groups excluding carboxylic acids is 1. The smallest absolute Gasteiger partial charge is 0.319 e. The molecule has 0 heterocycles. The van der Waals surface area contributed by atoms with E-state index in [-0.39, 0.29) is 5.69 Å². The first-order valence-corrected chi connectivity index (χ1v) is 7.10. The minimum atomic E-state index is -0.854. The fourth-order valence-corrected chi connectivity index (χ4v) is 2.45. The average molecular weight is 345 g/mol. The van der Waals surface area contributed by atoms with Crippen molar-refractivity contribution in [3.05, 3.63) is 63.6 Å². The first-order chi connectivity index (χ1) is 10.4. The van der Waals surface area contributed by atoms with Gasteiger partial charge in [-0.15, -0.1) is 0 Å². The molecule has 2 aromatic carbocycles. The third-order valence-corrected chi connectivity index (χ3v) is 3.52. The number of carbonyl (C=O) groups is 1. The number of nitrogens with one attached hydrogen (secondary N) is 2. The molecular weight excluding hydrogens is 333 g/mol. The summed E-state index contributed by atoms with van der Waals surface area (Å²) in [6, 6.07) is 6.73. The van der Waals surface area contributed by atoms with Gasteiger partial charge in [0, 0.05) is 16.1 Å². The van der Waals surface area contributed by atoms with Crippen LogP contribution >= 0.6 is 23.2 Å². The van der Waals surface area contributed by atoms with Gasteiger partial charge in [0.15, 0.2) is 0 Å². The Morgan fingerprint density at radius 1 is 1.14 bits per heavy atom. The second kappa shape index (κ2) is 6.94. The molecule has 0 bridgehead atoms. The number of rotatable bonds is 3. The van der Waals surface area contributed by atoms with E-state index in [2.05, 4.69) is 10.6 Å². The van der Waals surface area contributed by atoms with E-state index in [0.29, 0.717) is 21.7 Å². The monoisotopic (exact) mass is 344 g/mol. The van der Waals surface area contributed by atoms with Crippen LogP contribution in [-0.4, -0.2) is 6.03 Å². The summed E-state index contributed by atoms with van der Waals surface area (Å²) in [7, 11) is 0. The van der Waals surface area contributed by atoms with Crippen molar-refractivity contribution in [2.75, 3.05) is 5.32 Å². The third-order valence-electron chi connectivity index (χ3n) is 2.96. The summed E-state index contributed by atoms with van der Waals surface area (Å²) in [6.45, 7) is 1.72. The molecule has 0 aromatic heterocycles. The molecule has 7 heteroatoms. The molecule has 0 aliphatic heterocycles. The van der Waals surface area contributed by atoms with Crippen LogP contribution in [0.5, 0.6) is 0 Å². The fraction of sp³-hybridized carbons (Fsp3) is 0.133. The molecule has 0 spiro atoms. The zero-order valence-corrected chi connectivity index (χ0v) is 13.0. The molecule has 2 N–H and O–H groups in total. The molecule has 116 valence electrons. The van der Waals surface area contributed by atoms with Crippen molar-refractivity contribution in [1.29, 1.82) is 0 Å². The number of anilines is 1. The summed E-state index contributed by atoms with van der Waals surface area (Å²) in [4.78, 5) is 11.9. The van der Waals surface area contributed by atoms with Crippen LogP contribution in [0.25, 0.3) is 0 Å². The van der Waals surface area contributed by atoms with E-state index in [1.54, 1.807) is 25.1 Å². The van der Waals surface area contributed by atoms with Crippen molar-refractivity contribution >= 4 is 34.9 Å². The van der Waals surface area contributed by atoms with Crippen molar-refractivity contribution in [3.8, 4) is 0 Å². The lowest BCUT2D eigenvalue weighted by atomic mass is 10.1. The molecule has 0 radical (unpaired) electrons. The summed E-state index contributed by atoms with van der Waals surface area (Å²) in [5.74, 6) is -1.57. The Morgan fingerprint density at radius 2 is 1.86 bits per heavy atom. The SMILES string of the molecule is C[C@@H](NC(=O)Nc1ccc(F)cc1F)c1ccc(Cl)cc1Cl. The predicted molar refractivity (Wildman–Crippen MR) is 83.4 cm³/mol. The van der Waals surface area contributed by atoms with Gasteiger partial charge in [0.25, 0.3) is 0 Å². The minimum Gasteiger partial charge on any atom is -0.331 e. The number of urea groups is 1. The number of benzene rings is 2. The molecule has 3 nitrogen and oxygen atoms in total. The van der Waals surface area contributed by atoms with Crippen LogP contribution in [0.2, 0.25) is 10.0 Å². The Bertz CT molecular complexity index is 710. The average Bonchev–Trinajstić information content (AvgIpc) is 2.41. The van der Waals surface area contributed by atoms with E-state index in [1.807, 2.05) is 0 Å². The van der Waals surface area contributed by atoms with E-state index >= 15 is 0 Å². The molecule has 2 rings (SSSR count). The predicted octanol–water partition coefficient (Wildman–Crippen LogP) is 5.15. The summed E-state index contributed by atoms with van der Waals surface area (Å²) in [5, 5.41) is 5.81. The van der Waals surface area contributed by atoms with Crippen molar-refractivity contribution in [2.45, 2.75) is 13.0 Å². The summed E-state index contributed by atoms with van der Waals surface area (Å²) >= 11 is 11.9. The van der Waals surface area contributed by atoms with E-state index in [0.717, 1.165) is 12.1 Å². The van der Waals surface area contributed by atoms with Crippen LogP contribution in [0.15, 0.2) is 36.4 Å². The van der Waals surface area contributed by atoms with Gasteiger partial charge in [-0.3, -0.25) is 0 Å². The van der Waals surface area contributed by atoms with Crippen LogP contribution in [0, 0.1) is 11.6 Å². The first-order valence-electron chi connectivity index (χ1n) is 6.34. The van der Waals surface area contributed by atoms with E-state index in [4.69, 9.17) is 23.2 Å². The zero-order chi connectivity index (χ0) is 16.3. The van der Waals surface area contributed by atoms with Gasteiger partial charge >= 0.3 is 6.03 Å². The van der Waals surface area contributed by atoms with Gasteiger partial charge in [-0.05, 0) is 36.8 Å². The van der Waals surface area contributed by atoms with E-state index in [1.165, 1.54) is 0 Å². The Balaban J connectivity index is 2.05. The molecule has 22 heavy (non-hydrogen) atoms. The molecule has 0 saturated carbocycles. The molecule has 0 unspecified atom stereocenters. The highest BCUT2D eigenvalue weighted by Crippen LogP contribution is 2.26. The van der Waals surface area contributed by atoms with Crippen molar-refractivity contribution in [3.63, 3.8) is 0 Å². The standard InChI is InChI=1S/C15H12Cl2F2N2O/c1-8(11-4-2-9(16)6-12(11)17)20-15(22)21-14-5-3-10(18)7-13(14)19/h2-8H,1H3,(H2,20,21,22)/t8-/m1/s1. The van der Waals surface area contributed by atoms with Gasteiger partial charge in [0.1, 0.15) is 11.6 Å². The largest absolute Gasteiger partial charge is 0.331 e. The van der Waals surface area contributed by atoms with Gasteiger partial charge in [-0.25, -0.2) is 13.6 Å². The molecule has 0 aliphatic rings. The zero-order valence-electron chi connectivity index (χ0n) is 11.5. The molecule has 0 aliphatic carbocycles. The lowest BCUT2D eigenvalue weighted by Gasteiger charge is -2.16. The third kappa shape index (κ3) is 4.08. The van der Waals surface area contributed by atoms with Crippen molar-refractivity contribution in [1.82, 2.24) is 5.32 Å². The molecular formula is C15H12Cl2F2N2O. The normalized spacial score (nSPS) is 11.9. The number of hydrogen-bond acceptors (Lipinski definition) is 1. The molecule has 2 aromatic rings. The van der Waals surface area contributed by atoms with Gasteiger partial charge in [0.2, 0.25) is 0 Å². The second-order valence-corrected chi connectivity index (χ2v) is 5.45. The van der Waals surface area contributed by atoms with Crippen LogP contribution in [0.4, 0.5) is 19.3 Å². The topological polar surface area (TPSA) is 41.1 Å². The molecule has 2 amide bonds. The lowest BCUT2D eigenvalue weighted by molar-refractivity contribution is 0.249. The second-order valence-electron chi connectivity index (χ2n) is 4.61. The molecule has 1 atom stereocenters. The number of amides is 2. The van der Waals surface area contributed by atoms with Gasteiger partial charge in [-0.1, -0.05) is 29.3 Å². The highest BCUT2D eigenvalue weighted by molar-refractivity contribution is 6.35. The Morgan fingerprint density at radius 3 is 2.50 bits per heavy atom. The van der Waals surface area contributed by atoms with Crippen LogP contribution in [-0.2, 0) is 0 Å². The minimum absolute atomic E-state index is 0.117. The Labute approximate surface area is 136 Å². The van der Waals surface area contributed by atoms with E-state index in [9.17, 15) is 13.6 Å². The maximum Gasteiger partial charge on any atom is 0.319 e. The van der Waals surface area contributed by atoms with Crippen molar-refractivity contribution in [2.24, 2.45) is 0 Å². The molecule has 0 fully saturated rings. The van der Waals surface area contributed by atoms with Gasteiger partial charge in [-0.2, -0.15) is 0 Å². The molecule has 0 saturated heterocycles. The van der Waals surface area contributed by atoms with E-state index < -0.39 is 23.7 Å². The summed E-state index contributed by atoms with van der Waals surface area (Å²) < 4.78 is 26.3. The Kier molecular flexibility index (Phi) is 5.21. The maximum atomic E-state index is 13.5. The highest BCUT2D eigenvalue weighted by Gasteiger charge is 2.14. The van der Waals surface area contributed by atoms with Gasteiger partial charge in [0.05, 0.1) is 11.7 Å². The fourth-order valence-electron chi connectivity index (χ4n) is 1.88. The Hall–Kier alpha value is -1.85. The first kappa shape index (κ1) is 16.5. The van der Waals surface area contributed by atoms with Crippen LogP contribution in [0.1, 0.15) is 18.5 Å². The maximum absolute atomic E-state index is 13.5.